The zero-order valence-corrected chi connectivity index (χ0v) is 15.5. The highest BCUT2D eigenvalue weighted by atomic mass is 32.2. The van der Waals surface area contributed by atoms with Crippen molar-refractivity contribution in [1.82, 2.24) is 9.78 Å². The Morgan fingerprint density at radius 2 is 1.72 bits per heavy atom. The standard InChI is InChI=1S/C19H14F3N3O3S/c20-19(21,22)11-13-10-16(18-9-12-3-1-2-4-17(12)28-18)25(24-13)14-5-7-15(8-6-14)29(23,26)27/h1-10H,11H2,(H2,23,26,27). The molecular weight excluding hydrogens is 407 g/mol. The minimum absolute atomic E-state index is 0.116. The highest BCUT2D eigenvalue weighted by molar-refractivity contribution is 7.89. The minimum Gasteiger partial charge on any atom is -0.454 e. The van der Waals surface area contributed by atoms with E-state index in [-0.39, 0.29) is 10.6 Å². The van der Waals surface area contributed by atoms with Crippen LogP contribution in [0.4, 0.5) is 13.2 Å². The van der Waals surface area contributed by atoms with Gasteiger partial charge in [-0.05, 0) is 42.5 Å². The van der Waals surface area contributed by atoms with Crippen LogP contribution >= 0.6 is 0 Å². The Hall–Kier alpha value is -3.11. The summed E-state index contributed by atoms with van der Waals surface area (Å²) in [6, 6.07) is 15.5. The Labute approximate surface area is 163 Å². The number of alkyl halides is 3. The lowest BCUT2D eigenvalue weighted by Gasteiger charge is -2.07. The lowest BCUT2D eigenvalue weighted by molar-refractivity contribution is -0.127. The summed E-state index contributed by atoms with van der Waals surface area (Å²) in [5.74, 6) is 0.336. The van der Waals surface area contributed by atoms with E-state index in [9.17, 15) is 21.6 Å². The van der Waals surface area contributed by atoms with Gasteiger partial charge in [-0.3, -0.25) is 0 Å². The fourth-order valence-corrected chi connectivity index (χ4v) is 3.49. The highest BCUT2D eigenvalue weighted by Gasteiger charge is 2.30. The first kappa shape index (κ1) is 19.2. The summed E-state index contributed by atoms with van der Waals surface area (Å²) in [6.45, 7) is 0. The Kier molecular flexibility index (Phi) is 4.47. The van der Waals surface area contributed by atoms with Crippen LogP contribution in [0.25, 0.3) is 28.1 Å². The number of rotatable bonds is 4. The Morgan fingerprint density at radius 3 is 2.34 bits per heavy atom. The molecule has 0 radical (unpaired) electrons. The van der Waals surface area contributed by atoms with Crippen LogP contribution in [-0.4, -0.2) is 24.4 Å². The maximum atomic E-state index is 12.9. The number of hydrogen-bond acceptors (Lipinski definition) is 4. The zero-order chi connectivity index (χ0) is 20.8. The van der Waals surface area contributed by atoms with Crippen LogP contribution in [0.15, 0.2) is 70.0 Å². The summed E-state index contributed by atoms with van der Waals surface area (Å²) in [5, 5.41) is 9.94. The van der Waals surface area contributed by atoms with Gasteiger partial charge in [0.1, 0.15) is 11.3 Å². The quantitative estimate of drug-likeness (QED) is 0.538. The van der Waals surface area contributed by atoms with Crippen LogP contribution in [0.5, 0.6) is 0 Å². The SMILES string of the molecule is NS(=O)(=O)c1ccc(-n2nc(CC(F)(F)F)cc2-c2cc3ccccc3o2)cc1. The molecule has 150 valence electrons. The molecule has 4 rings (SSSR count). The van der Waals surface area contributed by atoms with Crippen molar-refractivity contribution < 1.29 is 26.0 Å². The molecule has 0 unspecified atom stereocenters. The number of sulfonamides is 1. The molecule has 4 aromatic rings. The van der Waals surface area contributed by atoms with E-state index in [1.54, 1.807) is 18.2 Å². The maximum absolute atomic E-state index is 12.9. The van der Waals surface area contributed by atoms with Crippen LogP contribution in [0.1, 0.15) is 5.69 Å². The van der Waals surface area contributed by atoms with Crippen LogP contribution < -0.4 is 5.14 Å². The van der Waals surface area contributed by atoms with Gasteiger partial charge in [0.05, 0.1) is 22.7 Å². The van der Waals surface area contributed by atoms with E-state index in [1.807, 2.05) is 12.1 Å². The second kappa shape index (κ2) is 6.75. The van der Waals surface area contributed by atoms with Gasteiger partial charge in [0.15, 0.2) is 5.76 Å². The Balaban J connectivity index is 1.85. The van der Waals surface area contributed by atoms with E-state index in [0.717, 1.165) is 5.39 Å². The van der Waals surface area contributed by atoms with Crippen LogP contribution in [-0.2, 0) is 16.4 Å². The number of primary sulfonamides is 1. The van der Waals surface area contributed by atoms with Gasteiger partial charge >= 0.3 is 6.18 Å². The van der Waals surface area contributed by atoms with Crippen molar-refractivity contribution in [2.75, 3.05) is 0 Å². The summed E-state index contributed by atoms with van der Waals surface area (Å²) < 4.78 is 68.6. The van der Waals surface area contributed by atoms with Gasteiger partial charge in [0.2, 0.25) is 10.0 Å². The maximum Gasteiger partial charge on any atom is 0.394 e. The second-order valence-corrected chi connectivity index (χ2v) is 7.97. The predicted molar refractivity (Wildman–Crippen MR) is 99.9 cm³/mol. The van der Waals surface area contributed by atoms with E-state index in [2.05, 4.69) is 5.10 Å². The van der Waals surface area contributed by atoms with Crippen LogP contribution in [0.3, 0.4) is 0 Å². The number of furan rings is 1. The van der Waals surface area contributed by atoms with E-state index in [4.69, 9.17) is 9.56 Å². The number of fused-ring (bicyclic) bond motifs is 1. The van der Waals surface area contributed by atoms with E-state index in [1.165, 1.54) is 35.0 Å². The fourth-order valence-electron chi connectivity index (χ4n) is 2.98. The van der Waals surface area contributed by atoms with E-state index in [0.29, 0.717) is 22.7 Å². The first-order valence-corrected chi connectivity index (χ1v) is 9.93. The van der Waals surface area contributed by atoms with Gasteiger partial charge in [-0.15, -0.1) is 0 Å². The van der Waals surface area contributed by atoms with Crippen molar-refractivity contribution in [2.24, 2.45) is 5.14 Å². The molecule has 2 N–H and O–H groups in total. The fraction of sp³-hybridized carbons (Fsp3) is 0.105. The molecule has 6 nitrogen and oxygen atoms in total. The monoisotopic (exact) mass is 421 g/mol. The van der Waals surface area contributed by atoms with Crippen molar-refractivity contribution in [3.8, 4) is 17.1 Å². The Bertz CT molecular complexity index is 1260. The van der Waals surface area contributed by atoms with Gasteiger partial charge in [-0.1, -0.05) is 18.2 Å². The van der Waals surface area contributed by atoms with Crippen molar-refractivity contribution in [1.29, 1.82) is 0 Å². The average molecular weight is 421 g/mol. The molecule has 0 saturated heterocycles. The summed E-state index contributed by atoms with van der Waals surface area (Å²) in [5.41, 5.74) is 1.06. The number of aromatic nitrogens is 2. The molecule has 10 heteroatoms. The third kappa shape index (κ3) is 4.03. The number of para-hydroxylation sites is 1. The van der Waals surface area contributed by atoms with Gasteiger partial charge in [-0.25, -0.2) is 18.2 Å². The molecule has 0 aliphatic rings. The number of hydrogen-bond donors (Lipinski definition) is 1. The molecule has 0 aliphatic heterocycles. The highest BCUT2D eigenvalue weighted by Crippen LogP contribution is 2.31. The number of nitrogens with two attached hydrogens (primary N) is 1. The molecule has 0 atom stereocenters. The summed E-state index contributed by atoms with van der Waals surface area (Å²) >= 11 is 0. The second-order valence-electron chi connectivity index (χ2n) is 6.41. The number of halogens is 3. The topological polar surface area (TPSA) is 91.1 Å². The molecule has 0 spiro atoms. The van der Waals surface area contributed by atoms with Crippen LogP contribution in [0.2, 0.25) is 0 Å². The zero-order valence-electron chi connectivity index (χ0n) is 14.7. The van der Waals surface area contributed by atoms with Crippen molar-refractivity contribution in [3.05, 3.63) is 66.4 Å². The van der Waals surface area contributed by atoms with E-state index >= 15 is 0 Å². The lowest BCUT2D eigenvalue weighted by atomic mass is 10.2. The largest absolute Gasteiger partial charge is 0.454 e. The van der Waals surface area contributed by atoms with Crippen molar-refractivity contribution in [2.45, 2.75) is 17.5 Å². The van der Waals surface area contributed by atoms with Gasteiger partial charge in [0.25, 0.3) is 0 Å². The molecule has 0 fully saturated rings. The molecule has 2 aromatic carbocycles. The third-order valence-electron chi connectivity index (χ3n) is 4.23. The summed E-state index contributed by atoms with van der Waals surface area (Å²) in [7, 11) is -3.90. The van der Waals surface area contributed by atoms with Crippen molar-refractivity contribution >= 4 is 21.0 Å². The first-order valence-electron chi connectivity index (χ1n) is 8.38. The minimum atomic E-state index is -4.43. The summed E-state index contributed by atoms with van der Waals surface area (Å²) in [4.78, 5) is -0.116. The molecular formula is C19H14F3N3O3S. The van der Waals surface area contributed by atoms with Crippen molar-refractivity contribution in [3.63, 3.8) is 0 Å². The molecule has 2 aromatic heterocycles. The molecule has 2 heterocycles. The Morgan fingerprint density at radius 1 is 1.03 bits per heavy atom. The summed E-state index contributed by atoms with van der Waals surface area (Å²) in [6.07, 6.45) is -5.63. The molecule has 0 saturated carbocycles. The molecule has 0 amide bonds. The average Bonchev–Trinajstić information content (AvgIpc) is 3.23. The molecule has 29 heavy (non-hydrogen) atoms. The number of benzene rings is 2. The molecule has 0 aliphatic carbocycles. The van der Waals surface area contributed by atoms with Gasteiger partial charge < -0.3 is 4.42 Å². The van der Waals surface area contributed by atoms with E-state index < -0.39 is 22.6 Å². The third-order valence-corrected chi connectivity index (χ3v) is 5.16. The smallest absolute Gasteiger partial charge is 0.394 e. The van der Waals surface area contributed by atoms with Gasteiger partial charge in [-0.2, -0.15) is 18.3 Å². The first-order chi connectivity index (χ1) is 13.6. The van der Waals surface area contributed by atoms with Gasteiger partial charge in [0, 0.05) is 5.39 Å². The lowest BCUT2D eigenvalue weighted by Crippen LogP contribution is -2.13. The molecule has 0 bridgehead atoms. The van der Waals surface area contributed by atoms with Crippen LogP contribution in [0, 0.1) is 0 Å². The number of nitrogens with zero attached hydrogens (tertiary/aromatic N) is 2. The normalized spacial score (nSPS) is 12.6. The predicted octanol–water partition coefficient (Wildman–Crippen LogP) is 4.04.